The van der Waals surface area contributed by atoms with E-state index in [-0.39, 0.29) is 12.2 Å². The third kappa shape index (κ3) is 3.21. The van der Waals surface area contributed by atoms with Crippen LogP contribution in [0.25, 0.3) is 0 Å². The van der Waals surface area contributed by atoms with Crippen molar-refractivity contribution >= 4 is 5.78 Å². The Kier molecular flexibility index (Phi) is 3.42. The van der Waals surface area contributed by atoms with Gasteiger partial charge in [-0.15, -0.1) is 0 Å². The molecule has 2 aromatic rings. The number of hydrogen-bond acceptors (Lipinski definition) is 2. The SMILES string of the molecule is Cn1cc(C(=O)Cc2ccc(C(F)(F)F)cc2)cn1. The first-order chi connectivity index (χ1) is 8.86. The fraction of sp³-hybridized carbons (Fsp3) is 0.231. The Hall–Kier alpha value is -2.11. The molecule has 3 nitrogen and oxygen atoms in total. The highest BCUT2D eigenvalue weighted by Gasteiger charge is 2.29. The molecule has 0 fully saturated rings. The highest BCUT2D eigenvalue weighted by Crippen LogP contribution is 2.29. The minimum Gasteiger partial charge on any atom is -0.294 e. The zero-order valence-electron chi connectivity index (χ0n) is 10.1. The molecule has 0 bridgehead atoms. The number of Topliss-reactive ketones (excluding diaryl/α,β-unsaturated/α-hetero) is 1. The van der Waals surface area contributed by atoms with Gasteiger partial charge in [-0.2, -0.15) is 18.3 Å². The van der Waals surface area contributed by atoms with E-state index < -0.39 is 11.7 Å². The topological polar surface area (TPSA) is 34.9 Å². The highest BCUT2D eigenvalue weighted by molar-refractivity contribution is 5.97. The van der Waals surface area contributed by atoms with E-state index in [1.807, 2.05) is 0 Å². The third-order valence-corrected chi connectivity index (χ3v) is 2.67. The maximum Gasteiger partial charge on any atom is 0.416 e. The van der Waals surface area contributed by atoms with Gasteiger partial charge in [0.15, 0.2) is 5.78 Å². The number of halogens is 3. The Labute approximate surface area is 107 Å². The van der Waals surface area contributed by atoms with E-state index in [2.05, 4.69) is 5.10 Å². The fourth-order valence-corrected chi connectivity index (χ4v) is 1.66. The normalized spacial score (nSPS) is 11.6. The first-order valence-electron chi connectivity index (χ1n) is 5.54. The second-order valence-electron chi connectivity index (χ2n) is 4.20. The summed E-state index contributed by atoms with van der Waals surface area (Å²) in [6.07, 6.45) is -1.28. The molecule has 0 aliphatic carbocycles. The van der Waals surface area contributed by atoms with Crippen molar-refractivity contribution in [2.24, 2.45) is 7.05 Å². The molecule has 19 heavy (non-hydrogen) atoms. The number of nitrogens with zero attached hydrogens (tertiary/aromatic N) is 2. The van der Waals surface area contributed by atoms with Gasteiger partial charge < -0.3 is 0 Å². The number of aryl methyl sites for hydroxylation is 1. The lowest BCUT2D eigenvalue weighted by Gasteiger charge is -2.07. The van der Waals surface area contributed by atoms with Crippen molar-refractivity contribution in [3.05, 3.63) is 53.3 Å². The van der Waals surface area contributed by atoms with Gasteiger partial charge in [0.2, 0.25) is 0 Å². The number of ketones is 1. The van der Waals surface area contributed by atoms with Gasteiger partial charge >= 0.3 is 6.18 Å². The van der Waals surface area contributed by atoms with Gasteiger partial charge in [0.05, 0.1) is 17.3 Å². The molecule has 100 valence electrons. The molecule has 6 heteroatoms. The second kappa shape index (κ2) is 4.87. The number of hydrogen-bond donors (Lipinski definition) is 0. The van der Waals surface area contributed by atoms with E-state index in [9.17, 15) is 18.0 Å². The number of carbonyl (C=O) groups is 1. The summed E-state index contributed by atoms with van der Waals surface area (Å²) in [5.74, 6) is -0.173. The zero-order valence-corrected chi connectivity index (χ0v) is 10.1. The Morgan fingerprint density at radius 2 is 1.89 bits per heavy atom. The summed E-state index contributed by atoms with van der Waals surface area (Å²) in [5.41, 5.74) is 0.273. The van der Waals surface area contributed by atoms with Gasteiger partial charge in [0.25, 0.3) is 0 Å². The number of aromatic nitrogens is 2. The minimum atomic E-state index is -4.36. The van der Waals surface area contributed by atoms with Crippen LogP contribution in [0.3, 0.4) is 0 Å². The van der Waals surface area contributed by atoms with E-state index in [1.165, 1.54) is 23.0 Å². The summed E-state index contributed by atoms with van der Waals surface area (Å²) in [5, 5.41) is 3.87. The van der Waals surface area contributed by atoms with Crippen LogP contribution in [0.4, 0.5) is 13.2 Å². The zero-order chi connectivity index (χ0) is 14.0. The number of rotatable bonds is 3. The average Bonchev–Trinajstić information content (AvgIpc) is 2.75. The van der Waals surface area contributed by atoms with Crippen molar-refractivity contribution < 1.29 is 18.0 Å². The lowest BCUT2D eigenvalue weighted by Crippen LogP contribution is -2.06. The van der Waals surface area contributed by atoms with Crippen molar-refractivity contribution in [3.8, 4) is 0 Å². The molecule has 0 radical (unpaired) electrons. The average molecular weight is 268 g/mol. The van der Waals surface area contributed by atoms with Gasteiger partial charge in [-0.1, -0.05) is 12.1 Å². The summed E-state index contributed by atoms with van der Waals surface area (Å²) in [6, 6.07) is 4.59. The number of benzene rings is 1. The van der Waals surface area contributed by atoms with Crippen LogP contribution in [0, 0.1) is 0 Å². The van der Waals surface area contributed by atoms with Crippen LogP contribution in [-0.4, -0.2) is 15.6 Å². The third-order valence-electron chi connectivity index (χ3n) is 2.67. The quantitative estimate of drug-likeness (QED) is 0.802. The summed E-state index contributed by atoms with van der Waals surface area (Å²) in [4.78, 5) is 11.8. The summed E-state index contributed by atoms with van der Waals surface area (Å²) >= 11 is 0. The maximum atomic E-state index is 12.4. The van der Waals surface area contributed by atoms with Crippen molar-refractivity contribution in [3.63, 3.8) is 0 Å². The molecule has 0 saturated carbocycles. The van der Waals surface area contributed by atoms with Gasteiger partial charge in [-0.25, -0.2) is 0 Å². The van der Waals surface area contributed by atoms with Crippen molar-refractivity contribution in [1.82, 2.24) is 9.78 Å². The molecule has 1 aromatic heterocycles. The molecule has 0 saturated heterocycles. The molecule has 0 N–H and O–H groups in total. The van der Waals surface area contributed by atoms with Crippen molar-refractivity contribution in [1.29, 1.82) is 0 Å². The predicted octanol–water partition coefficient (Wildman–Crippen LogP) is 2.86. The first kappa shape index (κ1) is 13.3. The highest BCUT2D eigenvalue weighted by atomic mass is 19.4. The Bertz CT molecular complexity index is 585. The van der Waals surface area contributed by atoms with E-state index in [1.54, 1.807) is 13.2 Å². The molecule has 0 amide bonds. The van der Waals surface area contributed by atoms with E-state index in [4.69, 9.17) is 0 Å². The maximum absolute atomic E-state index is 12.4. The molecule has 0 aliphatic heterocycles. The van der Waals surface area contributed by atoms with Crippen LogP contribution >= 0.6 is 0 Å². The molecule has 0 aliphatic rings. The molecule has 0 atom stereocenters. The first-order valence-corrected chi connectivity index (χ1v) is 5.54. The van der Waals surface area contributed by atoms with E-state index >= 15 is 0 Å². The molecule has 0 spiro atoms. The molecular formula is C13H11F3N2O. The Morgan fingerprint density at radius 3 is 2.37 bits per heavy atom. The van der Waals surface area contributed by atoms with Gasteiger partial charge in [-0.3, -0.25) is 9.48 Å². The van der Waals surface area contributed by atoms with Crippen molar-refractivity contribution in [2.75, 3.05) is 0 Å². The van der Waals surface area contributed by atoms with Crippen LogP contribution in [0.1, 0.15) is 21.5 Å². The molecule has 1 aromatic carbocycles. The van der Waals surface area contributed by atoms with Gasteiger partial charge in [0, 0.05) is 19.7 Å². The van der Waals surface area contributed by atoms with Crippen LogP contribution in [0.2, 0.25) is 0 Å². The largest absolute Gasteiger partial charge is 0.416 e. The van der Waals surface area contributed by atoms with Gasteiger partial charge in [-0.05, 0) is 17.7 Å². The van der Waals surface area contributed by atoms with Crippen molar-refractivity contribution in [2.45, 2.75) is 12.6 Å². The Balaban J connectivity index is 2.10. The van der Waals surface area contributed by atoms with Crippen LogP contribution in [-0.2, 0) is 19.6 Å². The number of carbonyl (C=O) groups excluding carboxylic acids is 1. The molecule has 2 rings (SSSR count). The van der Waals surface area contributed by atoms with Crippen LogP contribution < -0.4 is 0 Å². The molecular weight excluding hydrogens is 257 g/mol. The minimum absolute atomic E-state index is 0.0594. The van der Waals surface area contributed by atoms with E-state index in [0.717, 1.165) is 12.1 Å². The smallest absolute Gasteiger partial charge is 0.294 e. The lowest BCUT2D eigenvalue weighted by atomic mass is 10.0. The Morgan fingerprint density at radius 1 is 1.26 bits per heavy atom. The molecule has 1 heterocycles. The summed E-state index contributed by atoms with van der Waals surface area (Å²) in [6.45, 7) is 0. The lowest BCUT2D eigenvalue weighted by molar-refractivity contribution is -0.137. The second-order valence-corrected chi connectivity index (χ2v) is 4.20. The van der Waals surface area contributed by atoms with Crippen LogP contribution in [0.5, 0.6) is 0 Å². The van der Waals surface area contributed by atoms with Gasteiger partial charge in [0.1, 0.15) is 0 Å². The fourth-order valence-electron chi connectivity index (χ4n) is 1.66. The van der Waals surface area contributed by atoms with Crippen LogP contribution in [0.15, 0.2) is 36.7 Å². The predicted molar refractivity (Wildman–Crippen MR) is 62.7 cm³/mol. The summed E-state index contributed by atoms with van der Waals surface area (Å²) < 4.78 is 38.6. The summed E-state index contributed by atoms with van der Waals surface area (Å²) in [7, 11) is 1.69. The molecule has 0 unspecified atom stereocenters. The standard InChI is InChI=1S/C13H11F3N2O/c1-18-8-10(7-17-18)12(19)6-9-2-4-11(5-3-9)13(14,15)16/h2-5,7-8H,6H2,1H3. The number of alkyl halides is 3. The monoisotopic (exact) mass is 268 g/mol. The van der Waals surface area contributed by atoms with E-state index in [0.29, 0.717) is 11.1 Å².